The molecule has 0 bridgehead atoms. The largest absolute Gasteiger partial charge is 0.393 e. The van der Waals surface area contributed by atoms with Gasteiger partial charge in [0, 0.05) is 12.6 Å². The molecule has 0 aromatic heterocycles. The SMILES string of the molecule is CCS(=O)(=O)N1CCC(O)CC1C. The molecule has 1 rings (SSSR count). The van der Waals surface area contributed by atoms with Gasteiger partial charge in [-0.05, 0) is 26.7 Å². The highest BCUT2D eigenvalue weighted by molar-refractivity contribution is 7.89. The second kappa shape index (κ2) is 3.94. The van der Waals surface area contributed by atoms with Crippen molar-refractivity contribution in [3.63, 3.8) is 0 Å². The Balaban J connectivity index is 2.72. The van der Waals surface area contributed by atoms with Gasteiger partial charge in [-0.2, -0.15) is 4.31 Å². The standard InChI is InChI=1S/C8H17NO3S/c1-3-13(11,12)9-5-4-8(10)6-7(9)2/h7-8,10H,3-6H2,1-2H3. The van der Waals surface area contributed by atoms with Crippen molar-refractivity contribution >= 4 is 10.0 Å². The highest BCUT2D eigenvalue weighted by atomic mass is 32.2. The zero-order valence-electron chi connectivity index (χ0n) is 8.10. The van der Waals surface area contributed by atoms with E-state index in [2.05, 4.69) is 0 Å². The summed E-state index contributed by atoms with van der Waals surface area (Å²) in [6.07, 6.45) is 0.779. The van der Waals surface area contributed by atoms with Crippen molar-refractivity contribution in [3.05, 3.63) is 0 Å². The quantitative estimate of drug-likeness (QED) is 0.703. The molecule has 0 aromatic rings. The Labute approximate surface area is 79.6 Å². The Kier molecular flexibility index (Phi) is 3.32. The monoisotopic (exact) mass is 207 g/mol. The third-order valence-corrected chi connectivity index (χ3v) is 4.50. The summed E-state index contributed by atoms with van der Waals surface area (Å²) in [5.74, 6) is 0.146. The van der Waals surface area contributed by atoms with Crippen LogP contribution >= 0.6 is 0 Å². The topological polar surface area (TPSA) is 57.6 Å². The number of nitrogens with zero attached hydrogens (tertiary/aromatic N) is 1. The highest BCUT2D eigenvalue weighted by Crippen LogP contribution is 2.20. The number of piperidine rings is 1. The molecule has 1 N–H and O–H groups in total. The lowest BCUT2D eigenvalue weighted by molar-refractivity contribution is 0.0868. The van der Waals surface area contributed by atoms with Crippen molar-refractivity contribution in [2.24, 2.45) is 0 Å². The second-order valence-corrected chi connectivity index (χ2v) is 5.75. The van der Waals surface area contributed by atoms with Crippen LogP contribution < -0.4 is 0 Å². The first-order valence-corrected chi connectivity index (χ1v) is 6.26. The lowest BCUT2D eigenvalue weighted by atomic mass is 10.0. The minimum atomic E-state index is -3.07. The molecule has 13 heavy (non-hydrogen) atoms. The maximum atomic E-state index is 11.5. The third-order valence-electron chi connectivity index (χ3n) is 2.51. The van der Waals surface area contributed by atoms with Gasteiger partial charge in [0.25, 0.3) is 0 Å². The van der Waals surface area contributed by atoms with E-state index in [1.807, 2.05) is 6.92 Å². The van der Waals surface area contributed by atoms with Gasteiger partial charge in [-0.15, -0.1) is 0 Å². The maximum Gasteiger partial charge on any atom is 0.214 e. The first-order chi connectivity index (χ1) is 5.97. The van der Waals surface area contributed by atoms with Crippen LogP contribution in [0, 0.1) is 0 Å². The van der Waals surface area contributed by atoms with Crippen LogP contribution in [-0.4, -0.2) is 42.3 Å². The molecular weight excluding hydrogens is 190 g/mol. The van der Waals surface area contributed by atoms with Crippen LogP contribution in [0.3, 0.4) is 0 Å². The van der Waals surface area contributed by atoms with Crippen LogP contribution in [0.1, 0.15) is 26.7 Å². The third kappa shape index (κ3) is 2.42. The first kappa shape index (κ1) is 10.9. The van der Waals surface area contributed by atoms with Gasteiger partial charge < -0.3 is 5.11 Å². The van der Waals surface area contributed by atoms with E-state index in [0.717, 1.165) is 0 Å². The molecule has 0 saturated carbocycles. The predicted octanol–water partition coefficient (Wildman–Crippen LogP) is 0.181. The molecule has 0 radical (unpaired) electrons. The lowest BCUT2D eigenvalue weighted by Crippen LogP contribution is -2.46. The summed E-state index contributed by atoms with van der Waals surface area (Å²) in [4.78, 5) is 0. The molecule has 1 aliphatic heterocycles. The van der Waals surface area contributed by atoms with Crippen molar-refractivity contribution in [1.29, 1.82) is 0 Å². The Morgan fingerprint density at radius 3 is 2.62 bits per heavy atom. The summed E-state index contributed by atoms with van der Waals surface area (Å²) in [5, 5.41) is 9.31. The van der Waals surface area contributed by atoms with Crippen molar-refractivity contribution in [2.75, 3.05) is 12.3 Å². The Morgan fingerprint density at radius 2 is 2.15 bits per heavy atom. The Bertz CT molecular complexity index is 263. The zero-order valence-corrected chi connectivity index (χ0v) is 8.92. The summed E-state index contributed by atoms with van der Waals surface area (Å²) in [6.45, 7) is 3.95. The average Bonchev–Trinajstić information content (AvgIpc) is 2.03. The number of sulfonamides is 1. The first-order valence-electron chi connectivity index (χ1n) is 4.65. The van der Waals surface area contributed by atoms with E-state index >= 15 is 0 Å². The summed E-state index contributed by atoms with van der Waals surface area (Å²) < 4.78 is 24.5. The molecule has 2 atom stereocenters. The number of aliphatic hydroxyl groups excluding tert-OH is 1. The van der Waals surface area contributed by atoms with Gasteiger partial charge in [-0.3, -0.25) is 0 Å². The molecule has 0 aliphatic carbocycles. The molecule has 0 amide bonds. The molecule has 5 heteroatoms. The van der Waals surface area contributed by atoms with Crippen molar-refractivity contribution in [1.82, 2.24) is 4.31 Å². The van der Waals surface area contributed by atoms with Gasteiger partial charge in [-0.1, -0.05) is 0 Å². The normalized spacial score (nSPS) is 31.9. The molecule has 1 saturated heterocycles. The van der Waals surface area contributed by atoms with Crippen molar-refractivity contribution < 1.29 is 13.5 Å². The van der Waals surface area contributed by atoms with Gasteiger partial charge in [0.05, 0.1) is 11.9 Å². The minimum absolute atomic E-state index is 0.0614. The molecule has 0 spiro atoms. The minimum Gasteiger partial charge on any atom is -0.393 e. The second-order valence-electron chi connectivity index (χ2n) is 3.54. The average molecular weight is 207 g/mol. The molecule has 0 aromatic carbocycles. The van der Waals surface area contributed by atoms with Crippen LogP contribution in [0.4, 0.5) is 0 Å². The number of hydrogen-bond acceptors (Lipinski definition) is 3. The van der Waals surface area contributed by atoms with E-state index in [4.69, 9.17) is 0 Å². The number of hydrogen-bond donors (Lipinski definition) is 1. The van der Waals surface area contributed by atoms with Crippen LogP contribution in [0.25, 0.3) is 0 Å². The number of rotatable bonds is 2. The summed E-state index contributed by atoms with van der Waals surface area (Å²) >= 11 is 0. The van der Waals surface area contributed by atoms with Crippen LogP contribution in [0.15, 0.2) is 0 Å². The smallest absolute Gasteiger partial charge is 0.214 e. The van der Waals surface area contributed by atoms with Crippen LogP contribution in [0.5, 0.6) is 0 Å². The van der Waals surface area contributed by atoms with E-state index in [1.165, 1.54) is 4.31 Å². The molecule has 1 heterocycles. The van der Waals surface area contributed by atoms with E-state index in [1.54, 1.807) is 6.92 Å². The van der Waals surface area contributed by atoms with Crippen molar-refractivity contribution in [3.8, 4) is 0 Å². The van der Waals surface area contributed by atoms with Gasteiger partial charge in [0.1, 0.15) is 0 Å². The van der Waals surface area contributed by atoms with Gasteiger partial charge in [0.15, 0.2) is 0 Å². The summed E-state index contributed by atoms with van der Waals surface area (Å²) in [6, 6.07) is -0.0614. The maximum absolute atomic E-state index is 11.5. The van der Waals surface area contributed by atoms with Gasteiger partial charge >= 0.3 is 0 Å². The predicted molar refractivity (Wildman–Crippen MR) is 50.9 cm³/mol. The fourth-order valence-corrected chi connectivity index (χ4v) is 3.05. The van der Waals surface area contributed by atoms with Crippen molar-refractivity contribution in [2.45, 2.75) is 38.8 Å². The highest BCUT2D eigenvalue weighted by Gasteiger charge is 2.31. The molecule has 78 valence electrons. The van der Waals surface area contributed by atoms with E-state index in [-0.39, 0.29) is 17.9 Å². The molecule has 2 unspecified atom stereocenters. The molecule has 4 nitrogen and oxygen atoms in total. The van der Waals surface area contributed by atoms with E-state index < -0.39 is 10.0 Å². The fourth-order valence-electron chi connectivity index (χ4n) is 1.70. The Hall–Kier alpha value is -0.130. The fraction of sp³-hybridized carbons (Fsp3) is 1.00. The summed E-state index contributed by atoms with van der Waals surface area (Å²) in [7, 11) is -3.07. The van der Waals surface area contributed by atoms with E-state index in [0.29, 0.717) is 19.4 Å². The number of aliphatic hydroxyl groups is 1. The van der Waals surface area contributed by atoms with Crippen LogP contribution in [-0.2, 0) is 10.0 Å². The zero-order chi connectivity index (χ0) is 10.1. The van der Waals surface area contributed by atoms with Gasteiger partial charge in [0.2, 0.25) is 10.0 Å². The molecular formula is C8H17NO3S. The molecule has 1 aliphatic rings. The van der Waals surface area contributed by atoms with E-state index in [9.17, 15) is 13.5 Å². The lowest BCUT2D eigenvalue weighted by Gasteiger charge is -2.34. The summed E-state index contributed by atoms with van der Waals surface area (Å²) in [5.41, 5.74) is 0. The molecule has 1 fully saturated rings. The Morgan fingerprint density at radius 1 is 1.54 bits per heavy atom. The van der Waals surface area contributed by atoms with Crippen LogP contribution in [0.2, 0.25) is 0 Å². The van der Waals surface area contributed by atoms with Gasteiger partial charge in [-0.25, -0.2) is 8.42 Å².